The third-order valence-corrected chi connectivity index (χ3v) is 4.50. The average Bonchev–Trinajstić information content (AvgIpc) is 3.23. The lowest BCUT2D eigenvalue weighted by atomic mass is 9.95. The normalized spacial score (nSPS) is 15.0. The van der Waals surface area contributed by atoms with Crippen LogP contribution >= 0.6 is 24.0 Å². The van der Waals surface area contributed by atoms with E-state index >= 15 is 0 Å². The van der Waals surface area contributed by atoms with Gasteiger partial charge in [0.1, 0.15) is 11.6 Å². The fourth-order valence-corrected chi connectivity index (χ4v) is 2.89. The molecule has 6 heteroatoms. The summed E-state index contributed by atoms with van der Waals surface area (Å²) in [5, 5.41) is 6.51. The van der Waals surface area contributed by atoms with E-state index in [0.717, 1.165) is 30.6 Å². The Bertz CT molecular complexity index is 726. The summed E-state index contributed by atoms with van der Waals surface area (Å²) in [5.74, 6) is 1.51. The van der Waals surface area contributed by atoms with Gasteiger partial charge in [-0.15, -0.1) is 30.6 Å². The Hall–Kier alpha value is -1.83. The SMILES string of the molecule is C=CCNC(=NCC1(c2ccccc2F)CC1)NCCc1ccco1.I. The van der Waals surface area contributed by atoms with Gasteiger partial charge in [-0.25, -0.2) is 4.39 Å². The molecule has 4 nitrogen and oxygen atoms in total. The van der Waals surface area contributed by atoms with Crippen molar-refractivity contribution in [3.63, 3.8) is 0 Å². The number of halogens is 2. The molecule has 2 aromatic rings. The van der Waals surface area contributed by atoms with Crippen molar-refractivity contribution in [1.82, 2.24) is 10.6 Å². The van der Waals surface area contributed by atoms with E-state index < -0.39 is 0 Å². The molecule has 1 aromatic heterocycles. The monoisotopic (exact) mass is 469 g/mol. The van der Waals surface area contributed by atoms with E-state index in [1.165, 1.54) is 6.07 Å². The lowest BCUT2D eigenvalue weighted by molar-refractivity contribution is 0.506. The minimum atomic E-state index is -0.158. The van der Waals surface area contributed by atoms with Gasteiger partial charge in [0.05, 0.1) is 12.8 Å². The van der Waals surface area contributed by atoms with Gasteiger partial charge < -0.3 is 15.1 Å². The van der Waals surface area contributed by atoms with Gasteiger partial charge in [-0.05, 0) is 36.6 Å². The number of furan rings is 1. The Morgan fingerprint density at radius 1 is 1.23 bits per heavy atom. The molecule has 1 fully saturated rings. The molecule has 1 heterocycles. The van der Waals surface area contributed by atoms with Crippen LogP contribution in [0.4, 0.5) is 4.39 Å². The van der Waals surface area contributed by atoms with Gasteiger partial charge in [0.2, 0.25) is 0 Å². The predicted molar refractivity (Wildman–Crippen MR) is 114 cm³/mol. The molecule has 3 rings (SSSR count). The Kier molecular flexibility index (Phi) is 7.68. The van der Waals surface area contributed by atoms with Crippen LogP contribution in [0.5, 0.6) is 0 Å². The van der Waals surface area contributed by atoms with Gasteiger partial charge in [0.15, 0.2) is 5.96 Å². The van der Waals surface area contributed by atoms with Crippen LogP contribution in [0.2, 0.25) is 0 Å². The molecular formula is C20H25FIN3O. The van der Waals surface area contributed by atoms with Crippen molar-refractivity contribution in [2.45, 2.75) is 24.7 Å². The van der Waals surface area contributed by atoms with E-state index in [-0.39, 0.29) is 35.2 Å². The van der Waals surface area contributed by atoms with Crippen molar-refractivity contribution in [2.24, 2.45) is 4.99 Å². The zero-order chi connectivity index (χ0) is 17.5. The Morgan fingerprint density at radius 2 is 2.04 bits per heavy atom. The molecule has 0 amide bonds. The molecule has 0 aliphatic heterocycles. The van der Waals surface area contributed by atoms with Crippen molar-refractivity contribution in [3.05, 3.63) is 72.5 Å². The third-order valence-electron chi connectivity index (χ3n) is 4.50. The first-order chi connectivity index (χ1) is 12.2. The molecule has 0 saturated heterocycles. The fourth-order valence-electron chi connectivity index (χ4n) is 2.89. The molecule has 0 unspecified atom stereocenters. The van der Waals surface area contributed by atoms with Gasteiger partial charge >= 0.3 is 0 Å². The summed E-state index contributed by atoms with van der Waals surface area (Å²) < 4.78 is 19.4. The number of nitrogens with one attached hydrogen (secondary N) is 2. The number of rotatable bonds is 8. The first kappa shape index (κ1) is 20.5. The summed E-state index contributed by atoms with van der Waals surface area (Å²) in [5.41, 5.74) is 0.618. The van der Waals surface area contributed by atoms with E-state index in [0.29, 0.717) is 25.6 Å². The number of nitrogens with zero attached hydrogens (tertiary/aromatic N) is 1. The summed E-state index contributed by atoms with van der Waals surface area (Å²) in [6.07, 6.45) is 6.18. The highest BCUT2D eigenvalue weighted by atomic mass is 127. The first-order valence-electron chi connectivity index (χ1n) is 8.64. The second-order valence-corrected chi connectivity index (χ2v) is 6.35. The van der Waals surface area contributed by atoms with E-state index in [1.54, 1.807) is 18.4 Å². The summed E-state index contributed by atoms with van der Waals surface area (Å²) in [7, 11) is 0. The van der Waals surface area contributed by atoms with Crippen molar-refractivity contribution < 1.29 is 8.81 Å². The van der Waals surface area contributed by atoms with Crippen molar-refractivity contribution in [3.8, 4) is 0 Å². The van der Waals surface area contributed by atoms with E-state index in [2.05, 4.69) is 22.2 Å². The molecule has 1 aliphatic carbocycles. The van der Waals surface area contributed by atoms with Crippen LogP contribution in [0.1, 0.15) is 24.2 Å². The number of benzene rings is 1. The number of guanidine groups is 1. The summed E-state index contributed by atoms with van der Waals surface area (Å²) in [6, 6.07) is 10.8. The maximum atomic E-state index is 14.1. The second-order valence-electron chi connectivity index (χ2n) is 6.35. The molecule has 1 saturated carbocycles. The molecular weight excluding hydrogens is 444 g/mol. The van der Waals surface area contributed by atoms with Crippen molar-refractivity contribution in [2.75, 3.05) is 19.6 Å². The zero-order valence-electron chi connectivity index (χ0n) is 14.7. The van der Waals surface area contributed by atoms with Crippen LogP contribution in [0.15, 0.2) is 64.7 Å². The number of aliphatic imine (C=N–C) groups is 1. The van der Waals surface area contributed by atoms with Gasteiger partial charge in [0.25, 0.3) is 0 Å². The fraction of sp³-hybridized carbons (Fsp3) is 0.350. The lowest BCUT2D eigenvalue weighted by Crippen LogP contribution is -2.39. The Balaban J connectivity index is 0.00000243. The quantitative estimate of drug-likeness (QED) is 0.266. The van der Waals surface area contributed by atoms with Crippen molar-refractivity contribution in [1.29, 1.82) is 0 Å². The average molecular weight is 469 g/mol. The largest absolute Gasteiger partial charge is 0.469 e. The molecule has 140 valence electrons. The standard InChI is InChI=1S/C20H24FN3O.HI/c1-2-12-22-19(23-13-9-16-6-5-14-25-16)24-15-20(10-11-20)17-7-3-4-8-18(17)21;/h2-8,14H,1,9-13,15H2,(H2,22,23,24);1H. The molecule has 1 aliphatic rings. The van der Waals surface area contributed by atoms with Gasteiger partial charge in [0, 0.05) is 24.9 Å². The number of hydrogen-bond acceptors (Lipinski definition) is 2. The lowest BCUT2D eigenvalue weighted by Gasteiger charge is -2.16. The highest BCUT2D eigenvalue weighted by Gasteiger charge is 2.45. The highest BCUT2D eigenvalue weighted by molar-refractivity contribution is 14.0. The van der Waals surface area contributed by atoms with Crippen LogP contribution in [0.25, 0.3) is 0 Å². The summed E-state index contributed by atoms with van der Waals surface area (Å²) >= 11 is 0. The predicted octanol–water partition coefficient (Wildman–Crippen LogP) is 4.03. The van der Waals surface area contributed by atoms with Crippen LogP contribution in [-0.2, 0) is 11.8 Å². The minimum absolute atomic E-state index is 0. The topological polar surface area (TPSA) is 49.6 Å². The van der Waals surface area contributed by atoms with Crippen LogP contribution < -0.4 is 10.6 Å². The first-order valence-corrected chi connectivity index (χ1v) is 8.64. The second kappa shape index (κ2) is 9.75. The molecule has 26 heavy (non-hydrogen) atoms. The van der Waals surface area contributed by atoms with E-state index in [4.69, 9.17) is 4.42 Å². The summed E-state index contributed by atoms with van der Waals surface area (Å²) in [4.78, 5) is 4.68. The smallest absolute Gasteiger partial charge is 0.191 e. The minimum Gasteiger partial charge on any atom is -0.469 e. The molecule has 0 spiro atoms. The third kappa shape index (κ3) is 5.33. The van der Waals surface area contributed by atoms with Gasteiger partial charge in [-0.2, -0.15) is 0 Å². The van der Waals surface area contributed by atoms with E-state index in [1.807, 2.05) is 24.3 Å². The zero-order valence-corrected chi connectivity index (χ0v) is 17.0. The molecule has 1 aromatic carbocycles. The van der Waals surface area contributed by atoms with Gasteiger partial charge in [-0.1, -0.05) is 24.3 Å². The van der Waals surface area contributed by atoms with E-state index in [9.17, 15) is 4.39 Å². The molecule has 0 radical (unpaired) electrons. The van der Waals surface area contributed by atoms with Gasteiger partial charge in [-0.3, -0.25) is 4.99 Å². The van der Waals surface area contributed by atoms with Crippen molar-refractivity contribution >= 4 is 29.9 Å². The Labute approximate surface area is 171 Å². The van der Waals surface area contributed by atoms with Crippen LogP contribution in [-0.4, -0.2) is 25.6 Å². The summed E-state index contributed by atoms with van der Waals surface area (Å²) in [6.45, 7) is 5.63. The number of hydrogen-bond donors (Lipinski definition) is 2. The maximum absolute atomic E-state index is 14.1. The molecule has 0 atom stereocenters. The van der Waals surface area contributed by atoms with Crippen LogP contribution in [0.3, 0.4) is 0 Å². The highest BCUT2D eigenvalue weighted by Crippen LogP contribution is 2.49. The Morgan fingerprint density at radius 3 is 2.69 bits per heavy atom. The maximum Gasteiger partial charge on any atom is 0.191 e. The molecule has 0 bridgehead atoms. The van der Waals surface area contributed by atoms with Crippen LogP contribution in [0, 0.1) is 5.82 Å². The molecule has 2 N–H and O–H groups in total.